The van der Waals surface area contributed by atoms with Crippen molar-refractivity contribution < 1.29 is 27.4 Å². The maximum Gasteiger partial charge on any atom is 0.416 e. The third kappa shape index (κ3) is 5.37. The van der Waals surface area contributed by atoms with Gasteiger partial charge < -0.3 is 19.4 Å². The molecule has 9 nitrogen and oxygen atoms in total. The number of carbonyl (C=O) groups excluding carboxylic acids is 1. The van der Waals surface area contributed by atoms with Crippen LogP contribution >= 0.6 is 0 Å². The maximum atomic E-state index is 14.4. The molecule has 1 amide bonds. The van der Waals surface area contributed by atoms with Gasteiger partial charge in [-0.2, -0.15) is 18.2 Å². The molecule has 1 saturated heterocycles. The fourth-order valence-corrected chi connectivity index (χ4v) is 5.98. The van der Waals surface area contributed by atoms with Gasteiger partial charge in [0.25, 0.3) is 5.91 Å². The summed E-state index contributed by atoms with van der Waals surface area (Å²) in [5.41, 5.74) is 0.457. The first-order chi connectivity index (χ1) is 20.1. The van der Waals surface area contributed by atoms with Crippen molar-refractivity contribution in [3.8, 4) is 5.88 Å². The van der Waals surface area contributed by atoms with Gasteiger partial charge in [-0.1, -0.05) is 6.42 Å². The number of aryl methyl sites for hydroxylation is 1. The van der Waals surface area contributed by atoms with Gasteiger partial charge in [0, 0.05) is 30.6 Å². The number of fused-ring (bicyclic) bond motifs is 1. The van der Waals surface area contributed by atoms with Gasteiger partial charge in [-0.25, -0.2) is 0 Å². The summed E-state index contributed by atoms with van der Waals surface area (Å²) in [4.78, 5) is 19.7. The molecule has 1 unspecified atom stereocenters. The summed E-state index contributed by atoms with van der Waals surface area (Å²) in [5, 5.41) is 11.7. The van der Waals surface area contributed by atoms with Crippen LogP contribution in [-0.4, -0.2) is 52.0 Å². The molecule has 12 heteroatoms. The monoisotopic (exact) mass is 584 g/mol. The maximum absolute atomic E-state index is 14.4. The molecule has 3 aliphatic rings. The van der Waals surface area contributed by atoms with Crippen molar-refractivity contribution in [2.24, 2.45) is 18.9 Å². The van der Waals surface area contributed by atoms with E-state index in [1.54, 1.807) is 24.5 Å². The van der Waals surface area contributed by atoms with Gasteiger partial charge in [0.15, 0.2) is 0 Å². The number of halogens is 3. The largest absolute Gasteiger partial charge is 0.478 e. The number of aromatic nitrogens is 4. The van der Waals surface area contributed by atoms with Crippen molar-refractivity contribution in [2.75, 3.05) is 31.3 Å². The van der Waals surface area contributed by atoms with Crippen molar-refractivity contribution in [1.82, 2.24) is 25.1 Å². The zero-order chi connectivity index (χ0) is 29.6. The highest BCUT2D eigenvalue weighted by Gasteiger charge is 2.42. The fraction of sp³-hybridized carbons (Fsp3) is 0.533. The van der Waals surface area contributed by atoms with Crippen LogP contribution in [0.2, 0.25) is 0 Å². The molecule has 0 radical (unpaired) electrons. The lowest BCUT2D eigenvalue weighted by Crippen LogP contribution is -2.35. The highest BCUT2D eigenvalue weighted by molar-refractivity contribution is 6.10. The number of amides is 1. The number of rotatable bonds is 10. The van der Waals surface area contributed by atoms with Gasteiger partial charge in [0.2, 0.25) is 5.88 Å². The van der Waals surface area contributed by atoms with Crippen LogP contribution in [0.4, 0.5) is 19.0 Å². The van der Waals surface area contributed by atoms with Gasteiger partial charge in [0.05, 0.1) is 37.8 Å². The average Bonchev–Trinajstić information content (AvgIpc) is 3.46. The second kappa shape index (κ2) is 11.3. The van der Waals surface area contributed by atoms with Gasteiger partial charge in [-0.05, 0) is 74.0 Å². The molecule has 2 aromatic heterocycles. The Balaban J connectivity index is 1.37. The molecule has 2 atom stereocenters. The lowest BCUT2D eigenvalue weighted by atomic mass is 9.84. The van der Waals surface area contributed by atoms with Crippen LogP contribution in [-0.2, 0) is 24.5 Å². The first-order valence-electron chi connectivity index (χ1n) is 14.5. The summed E-state index contributed by atoms with van der Waals surface area (Å²) < 4.78 is 56.2. The number of hydrogen-bond acceptors (Lipinski definition) is 7. The van der Waals surface area contributed by atoms with Gasteiger partial charge in [-0.15, -0.1) is 10.2 Å². The Labute approximate surface area is 242 Å². The molecule has 4 heterocycles. The quantitative estimate of drug-likeness (QED) is 0.358. The van der Waals surface area contributed by atoms with Crippen LogP contribution in [0, 0.1) is 11.8 Å². The van der Waals surface area contributed by atoms with E-state index in [2.05, 4.69) is 20.5 Å². The minimum atomic E-state index is -4.61. The topological polar surface area (TPSA) is 94.4 Å². The highest BCUT2D eigenvalue weighted by atomic mass is 19.4. The lowest BCUT2D eigenvalue weighted by molar-refractivity contribution is -0.138. The van der Waals surface area contributed by atoms with E-state index in [-0.39, 0.29) is 47.2 Å². The van der Waals surface area contributed by atoms with Gasteiger partial charge in [0.1, 0.15) is 18.0 Å². The number of nitrogens with zero attached hydrogens (tertiary/aromatic N) is 5. The van der Waals surface area contributed by atoms with Crippen LogP contribution in [0.1, 0.15) is 83.5 Å². The summed E-state index contributed by atoms with van der Waals surface area (Å²) in [6.45, 7) is 5.55. The number of anilines is 1. The van der Waals surface area contributed by atoms with Crippen LogP contribution < -0.4 is 15.0 Å². The molecule has 6 rings (SSSR count). The second-order valence-corrected chi connectivity index (χ2v) is 11.5. The van der Waals surface area contributed by atoms with Crippen molar-refractivity contribution in [2.45, 2.75) is 57.8 Å². The Bertz CT molecular complexity index is 1470. The Morgan fingerprint density at radius 1 is 1.17 bits per heavy atom. The number of carbonyl (C=O) groups is 1. The zero-order valence-electron chi connectivity index (χ0n) is 23.9. The average molecular weight is 585 g/mol. The molecule has 0 bridgehead atoms. The molecule has 1 saturated carbocycles. The highest BCUT2D eigenvalue weighted by Crippen LogP contribution is 2.42. The Morgan fingerprint density at radius 3 is 2.55 bits per heavy atom. The Kier molecular flexibility index (Phi) is 7.69. The van der Waals surface area contributed by atoms with E-state index in [9.17, 15) is 18.0 Å². The molecular weight excluding hydrogens is 549 g/mol. The third-order valence-electron chi connectivity index (χ3n) is 8.71. The normalized spacial score (nSPS) is 18.9. The molecule has 0 spiro atoms. The summed E-state index contributed by atoms with van der Waals surface area (Å²) >= 11 is 0. The van der Waals surface area contributed by atoms with E-state index in [0.717, 1.165) is 24.9 Å². The van der Waals surface area contributed by atoms with E-state index in [1.165, 1.54) is 17.4 Å². The van der Waals surface area contributed by atoms with E-state index in [0.29, 0.717) is 37.1 Å². The van der Waals surface area contributed by atoms with Crippen molar-refractivity contribution >= 4 is 11.7 Å². The Morgan fingerprint density at radius 2 is 1.95 bits per heavy atom. The molecule has 224 valence electrons. The predicted octanol–water partition coefficient (Wildman–Crippen LogP) is 5.02. The molecule has 1 aliphatic carbocycles. The minimum absolute atomic E-state index is 0.0372. The Hall–Kier alpha value is -3.51. The van der Waals surface area contributed by atoms with Gasteiger partial charge in [-0.3, -0.25) is 9.69 Å². The first kappa shape index (κ1) is 28.6. The number of hydrogen-bond donors (Lipinski definition) is 1. The van der Waals surface area contributed by atoms with Gasteiger partial charge >= 0.3 is 6.18 Å². The van der Waals surface area contributed by atoms with Crippen molar-refractivity contribution in [1.29, 1.82) is 0 Å². The van der Waals surface area contributed by atoms with Crippen LogP contribution in [0.5, 0.6) is 5.88 Å². The van der Waals surface area contributed by atoms with Crippen LogP contribution in [0.3, 0.4) is 0 Å². The molecular formula is C30H35F3N6O3. The standard InChI is InChI=1S/C30H35F3N6O3/c1-4-42-26-11-20(27(21-14-41-15-21)28-37-35-16-38(28)3)10-25(36-26)39-13-23-22(29(39)40)8-19(9-24(23)30(31,32)33)17(2)34-12-18-6-5-7-18/h8-11,16-18,21,27,34H,4-7,12-15H2,1-3H3/t17-,27?/m0/s1. The van der Waals surface area contributed by atoms with Crippen molar-refractivity contribution in [3.05, 3.63) is 64.2 Å². The van der Waals surface area contributed by atoms with E-state index < -0.39 is 17.6 Å². The smallest absolute Gasteiger partial charge is 0.416 e. The molecule has 2 aliphatic heterocycles. The SMILES string of the molecule is CCOc1cc(C(c2nncn2C)C2COC2)cc(N2Cc3c(cc([C@H](C)NCC4CCC4)cc3C(F)(F)F)C2=O)n1. The molecule has 3 aromatic rings. The van der Waals surface area contributed by atoms with E-state index >= 15 is 0 Å². The van der Waals surface area contributed by atoms with E-state index in [1.807, 2.05) is 25.5 Å². The van der Waals surface area contributed by atoms with Crippen LogP contribution in [0.15, 0.2) is 30.6 Å². The summed E-state index contributed by atoms with van der Waals surface area (Å²) in [7, 11) is 1.85. The second-order valence-electron chi connectivity index (χ2n) is 11.5. The zero-order valence-corrected chi connectivity index (χ0v) is 23.9. The fourth-order valence-electron chi connectivity index (χ4n) is 5.98. The third-order valence-corrected chi connectivity index (χ3v) is 8.71. The number of ether oxygens (including phenoxy) is 2. The molecule has 1 N–H and O–H groups in total. The number of alkyl halides is 3. The summed E-state index contributed by atoms with van der Waals surface area (Å²) in [5.74, 6) is 1.15. The molecule has 1 aromatic carbocycles. The number of benzene rings is 1. The van der Waals surface area contributed by atoms with Crippen LogP contribution in [0.25, 0.3) is 0 Å². The molecule has 2 fully saturated rings. The molecule has 42 heavy (non-hydrogen) atoms. The van der Waals surface area contributed by atoms with Crippen molar-refractivity contribution in [3.63, 3.8) is 0 Å². The predicted molar refractivity (Wildman–Crippen MR) is 148 cm³/mol. The number of nitrogens with one attached hydrogen (secondary N) is 1. The minimum Gasteiger partial charge on any atom is -0.478 e. The summed E-state index contributed by atoms with van der Waals surface area (Å²) in [6.07, 6.45) is 0.456. The van der Waals surface area contributed by atoms with E-state index in [4.69, 9.17) is 9.47 Å². The first-order valence-corrected chi connectivity index (χ1v) is 14.5. The lowest BCUT2D eigenvalue weighted by Gasteiger charge is -2.33. The number of pyridine rings is 1. The summed E-state index contributed by atoms with van der Waals surface area (Å²) in [6, 6.07) is 6.01.